The van der Waals surface area contributed by atoms with Gasteiger partial charge in [-0.05, 0) is 131 Å². The first-order chi connectivity index (χ1) is 74.3. The first-order valence-electron chi connectivity index (χ1n) is 50.5. The van der Waals surface area contributed by atoms with Gasteiger partial charge >= 0.3 is 0 Å². The average molecular weight is 1910 g/mol. The van der Waals surface area contributed by atoms with Crippen molar-refractivity contribution in [2.24, 2.45) is 0 Å². The molecule has 0 aliphatic carbocycles. The third-order valence-electron chi connectivity index (χ3n) is 27.7. The van der Waals surface area contributed by atoms with Crippen LogP contribution in [0, 0.1) is 0 Å². The third kappa shape index (κ3) is 18.8. The maximum Gasteiger partial charge on any atom is 0.164 e. The van der Waals surface area contributed by atoms with Gasteiger partial charge in [0, 0.05) is 99.1 Å². The van der Waals surface area contributed by atoms with Crippen molar-refractivity contribution in [2.45, 2.75) is 0 Å². The molecule has 10 heteroatoms. The summed E-state index contributed by atoms with van der Waals surface area (Å²) < 4.78 is 0. The zero-order chi connectivity index (χ0) is 99.8. The summed E-state index contributed by atoms with van der Waals surface area (Å²) in [6.07, 6.45) is 0. The standard InChI is InChI=1S/2C47H31N3.C46H30N4/c1-5-15-32(16-6-1)40-29-42-41(30-43(34-17-7-2-8-18-34)48-46(42)39-24-14-13-23-38(39)40)33-25-27-36(28-26-33)45-31-44(35-19-9-3-10-20-35)49-47(50-45)37-21-11-4-12-22-37;1-5-15-32(16-6-1)40-29-42-41(30-43(34-17-7-2-8-18-34)48-46(42)39-24-14-13-23-38(39)40)33-25-27-37(28-26-33)47-49-44(35-19-9-3-10-20-35)31-45(50-47)36-21-11-4-12-22-36;1-5-15-31(16-6-1)39-29-41-40(30-42(33-17-7-2-8-18-33)47-43(41)38-24-14-13-23-37(38)39)32-25-27-36(28-26-32)46-49-44(34-19-9-3-10-20-34)48-45(50-46)35-21-11-4-12-22-35/h2*1-31H;1-30H. The van der Waals surface area contributed by atoms with E-state index in [4.69, 9.17) is 49.8 Å². The van der Waals surface area contributed by atoms with Gasteiger partial charge in [-0.2, -0.15) is 0 Å². The van der Waals surface area contributed by atoms with Crippen molar-refractivity contribution in [1.29, 1.82) is 0 Å². The molecule has 0 saturated carbocycles. The molecule has 6 aromatic heterocycles. The molecular weight excluding hydrogens is 1820 g/mol. The van der Waals surface area contributed by atoms with Crippen molar-refractivity contribution in [3.63, 3.8) is 0 Å². The number of rotatable bonds is 18. The first kappa shape index (κ1) is 91.0. The minimum atomic E-state index is 0.631. The molecule has 0 amide bonds. The molecule has 0 N–H and O–H groups in total. The number of nitrogens with zero attached hydrogens (tertiary/aromatic N) is 10. The maximum absolute atomic E-state index is 5.32. The normalized spacial score (nSPS) is 11.2. The fraction of sp³-hybridized carbons (Fsp3) is 0. The van der Waals surface area contributed by atoms with E-state index < -0.39 is 0 Å². The van der Waals surface area contributed by atoms with Gasteiger partial charge in [-0.1, -0.05) is 510 Å². The zero-order valence-electron chi connectivity index (χ0n) is 81.6. The lowest BCUT2D eigenvalue weighted by molar-refractivity contribution is 1.07. The average Bonchev–Trinajstić information content (AvgIpc) is 0.744. The van der Waals surface area contributed by atoms with E-state index >= 15 is 0 Å². The molecule has 0 saturated heterocycles. The van der Waals surface area contributed by atoms with E-state index in [0.717, 1.165) is 189 Å². The van der Waals surface area contributed by atoms with Crippen molar-refractivity contribution in [2.75, 3.05) is 0 Å². The number of hydrogen-bond acceptors (Lipinski definition) is 10. The Labute approximate surface area is 869 Å². The molecule has 27 rings (SSSR count). The molecule has 0 aliphatic heterocycles. The number of fused-ring (bicyclic) bond motifs is 9. The second-order valence-electron chi connectivity index (χ2n) is 37.1. The number of pyridine rings is 3. The summed E-state index contributed by atoms with van der Waals surface area (Å²) in [6.45, 7) is 0. The largest absolute Gasteiger partial charge is 0.247 e. The predicted octanol–water partition coefficient (Wildman–Crippen LogP) is 35.9. The van der Waals surface area contributed by atoms with E-state index in [9.17, 15) is 0 Å². The second kappa shape index (κ2) is 41.3. The van der Waals surface area contributed by atoms with E-state index in [-0.39, 0.29) is 0 Å². The Kier molecular flexibility index (Phi) is 25.0. The zero-order valence-corrected chi connectivity index (χ0v) is 81.6. The van der Waals surface area contributed by atoms with E-state index in [0.29, 0.717) is 29.1 Å². The van der Waals surface area contributed by atoms with Gasteiger partial charge in [-0.3, -0.25) is 0 Å². The highest BCUT2D eigenvalue weighted by atomic mass is 15.0. The lowest BCUT2D eigenvalue weighted by atomic mass is 9.90. The molecule has 0 aliphatic rings. The molecule has 10 nitrogen and oxygen atoms in total. The minimum absolute atomic E-state index is 0.631. The second-order valence-corrected chi connectivity index (χ2v) is 37.1. The first-order valence-corrected chi connectivity index (χ1v) is 50.5. The van der Waals surface area contributed by atoms with Gasteiger partial charge in [0.2, 0.25) is 0 Å². The van der Waals surface area contributed by atoms with Crippen LogP contribution < -0.4 is 0 Å². The predicted molar refractivity (Wildman–Crippen MR) is 620 cm³/mol. The Bertz CT molecular complexity index is 8520. The smallest absolute Gasteiger partial charge is 0.164 e. The summed E-state index contributed by atoms with van der Waals surface area (Å²) in [5.41, 5.74) is 35.4. The van der Waals surface area contributed by atoms with Crippen LogP contribution in [0.3, 0.4) is 0 Å². The lowest BCUT2D eigenvalue weighted by Gasteiger charge is -2.16. The van der Waals surface area contributed by atoms with Crippen LogP contribution in [-0.2, 0) is 0 Å². The minimum Gasteiger partial charge on any atom is -0.247 e. The van der Waals surface area contributed by atoms with Crippen LogP contribution in [0.25, 0.3) is 268 Å². The molecule has 0 bridgehead atoms. The topological polar surface area (TPSA) is 129 Å². The highest BCUT2D eigenvalue weighted by Gasteiger charge is 2.24. The maximum atomic E-state index is 5.32. The van der Waals surface area contributed by atoms with Crippen molar-refractivity contribution < 1.29 is 0 Å². The highest BCUT2D eigenvalue weighted by molar-refractivity contribution is 6.19. The monoisotopic (exact) mass is 1910 g/mol. The Morgan fingerprint density at radius 2 is 0.227 bits per heavy atom. The third-order valence-corrected chi connectivity index (χ3v) is 27.7. The summed E-state index contributed by atoms with van der Waals surface area (Å²) in [4.78, 5) is 50.9. The molecule has 0 atom stereocenters. The van der Waals surface area contributed by atoms with E-state index in [2.05, 4.69) is 406 Å². The molecule has 702 valence electrons. The molecule has 21 aromatic carbocycles. The van der Waals surface area contributed by atoms with Crippen LogP contribution in [0.2, 0.25) is 0 Å². The Morgan fingerprint density at radius 1 is 0.0867 bits per heavy atom. The van der Waals surface area contributed by atoms with Gasteiger partial charge in [0.15, 0.2) is 29.1 Å². The van der Waals surface area contributed by atoms with Gasteiger partial charge in [0.1, 0.15) is 0 Å². The van der Waals surface area contributed by atoms with Crippen LogP contribution in [0.1, 0.15) is 0 Å². The molecule has 0 fully saturated rings. The number of aromatic nitrogens is 10. The van der Waals surface area contributed by atoms with Crippen molar-refractivity contribution in [1.82, 2.24) is 49.8 Å². The van der Waals surface area contributed by atoms with Gasteiger partial charge in [0.25, 0.3) is 0 Å². The number of benzene rings is 21. The summed E-state index contributed by atoms with van der Waals surface area (Å²) in [5, 5.41) is 10.3. The van der Waals surface area contributed by atoms with Gasteiger partial charge in [0.05, 0.1) is 56.4 Å². The molecule has 0 unspecified atom stereocenters. The van der Waals surface area contributed by atoms with Gasteiger partial charge in [-0.25, -0.2) is 49.8 Å². The fourth-order valence-corrected chi connectivity index (χ4v) is 20.2. The van der Waals surface area contributed by atoms with Gasteiger partial charge < -0.3 is 0 Å². The lowest BCUT2D eigenvalue weighted by Crippen LogP contribution is -2.00. The van der Waals surface area contributed by atoms with E-state index in [1.165, 1.54) is 49.5 Å². The molecular formula is C140H92N10. The van der Waals surface area contributed by atoms with Crippen LogP contribution in [-0.4, -0.2) is 49.8 Å². The summed E-state index contributed by atoms with van der Waals surface area (Å²) in [7, 11) is 0. The van der Waals surface area contributed by atoms with Crippen LogP contribution >= 0.6 is 0 Å². The van der Waals surface area contributed by atoms with Crippen molar-refractivity contribution >= 4 is 65.0 Å². The molecule has 6 heterocycles. The summed E-state index contributed by atoms with van der Waals surface area (Å²) in [5.74, 6) is 3.32. The van der Waals surface area contributed by atoms with E-state index in [1.807, 2.05) is 152 Å². The van der Waals surface area contributed by atoms with Crippen LogP contribution in [0.15, 0.2) is 558 Å². The molecule has 0 radical (unpaired) electrons. The molecule has 27 aromatic rings. The fourth-order valence-electron chi connectivity index (χ4n) is 20.2. The number of hydrogen-bond donors (Lipinski definition) is 0. The highest BCUT2D eigenvalue weighted by Crippen LogP contribution is 2.47. The van der Waals surface area contributed by atoms with Crippen molar-refractivity contribution in [3.8, 4) is 203 Å². The van der Waals surface area contributed by atoms with Gasteiger partial charge in [-0.15, -0.1) is 0 Å². The summed E-state index contributed by atoms with van der Waals surface area (Å²) in [6, 6.07) is 194. The summed E-state index contributed by atoms with van der Waals surface area (Å²) >= 11 is 0. The quantitative estimate of drug-likeness (QED) is 0.0766. The van der Waals surface area contributed by atoms with Crippen LogP contribution in [0.5, 0.6) is 0 Å². The van der Waals surface area contributed by atoms with Crippen LogP contribution in [0.4, 0.5) is 0 Å². The Morgan fingerprint density at radius 3 is 0.447 bits per heavy atom. The Hall–Kier alpha value is -20.2. The molecule has 150 heavy (non-hydrogen) atoms. The SMILES string of the molecule is c1ccc(-c2cc(-c3ccc(-c4cc(-c5ccccc5)nc5c4cc(-c4ccccc4)c4ccccc45)cc3)nc(-c3ccccc3)n2)cc1.c1ccc(-c2cc(-c3ccc(-c4nc(-c5ccccc5)nc(-c5ccccc5)n4)cc3)c3cc(-c4ccccc4)c4ccccc4c3n2)cc1.c1ccc(-c2cc(-c3ccccc3)nc(-c3ccc(-c4cc(-c5ccccc5)nc5c4cc(-c4ccccc4)c4ccccc45)cc3)n2)cc1. The molecule has 0 spiro atoms. The van der Waals surface area contributed by atoms with E-state index in [1.54, 1.807) is 0 Å². The Balaban J connectivity index is 0.000000116. The van der Waals surface area contributed by atoms with Crippen molar-refractivity contribution in [3.05, 3.63) is 558 Å².